The second kappa shape index (κ2) is 3.76. The van der Waals surface area contributed by atoms with Crippen LogP contribution in [0.3, 0.4) is 0 Å². The molecule has 1 aromatic carbocycles. The van der Waals surface area contributed by atoms with Gasteiger partial charge >= 0.3 is 0 Å². The molecule has 0 atom stereocenters. The lowest BCUT2D eigenvalue weighted by Gasteiger charge is -1.98. The summed E-state index contributed by atoms with van der Waals surface area (Å²) in [4.78, 5) is 3.88. The van der Waals surface area contributed by atoms with Crippen molar-refractivity contribution < 1.29 is 4.39 Å². The van der Waals surface area contributed by atoms with E-state index in [2.05, 4.69) is 4.99 Å². The van der Waals surface area contributed by atoms with E-state index >= 15 is 0 Å². The Balaban J connectivity index is 3.07. The summed E-state index contributed by atoms with van der Waals surface area (Å²) in [7, 11) is 0. The zero-order valence-corrected chi connectivity index (χ0v) is 6.71. The van der Waals surface area contributed by atoms with Gasteiger partial charge in [-0.15, -0.1) is 0 Å². The van der Waals surface area contributed by atoms with Gasteiger partial charge in [-0.05, 0) is 19.1 Å². The van der Waals surface area contributed by atoms with Gasteiger partial charge in [0, 0.05) is 18.0 Å². The number of halogens is 1. The molecule has 0 radical (unpaired) electrons. The summed E-state index contributed by atoms with van der Waals surface area (Å²) in [6, 6.07) is 4.69. The number of nitrogens with one attached hydrogen (secondary N) is 1. The van der Waals surface area contributed by atoms with Crippen LogP contribution in [0, 0.1) is 18.2 Å². The standard InChI is InChI=1S/C9H9FN2/c1-7-8(10)3-2-4-9(7)12-6-5-11/h2-6,11H,1H3. The van der Waals surface area contributed by atoms with Crippen LogP contribution < -0.4 is 0 Å². The van der Waals surface area contributed by atoms with Crippen LogP contribution >= 0.6 is 0 Å². The van der Waals surface area contributed by atoms with Crippen molar-refractivity contribution >= 4 is 18.1 Å². The Bertz CT molecular complexity index is 318. The van der Waals surface area contributed by atoms with Crippen molar-refractivity contribution in [3.8, 4) is 0 Å². The highest BCUT2D eigenvalue weighted by molar-refractivity contribution is 6.15. The van der Waals surface area contributed by atoms with E-state index in [9.17, 15) is 4.39 Å². The zero-order valence-electron chi connectivity index (χ0n) is 6.71. The maximum absolute atomic E-state index is 12.9. The summed E-state index contributed by atoms with van der Waals surface area (Å²) >= 11 is 0. The summed E-state index contributed by atoms with van der Waals surface area (Å²) < 4.78 is 12.9. The minimum atomic E-state index is -0.269. The molecule has 0 bridgehead atoms. The SMILES string of the molecule is Cc1c(F)cccc1N=CC=N. The van der Waals surface area contributed by atoms with Crippen molar-refractivity contribution in [3.05, 3.63) is 29.6 Å². The average Bonchev–Trinajstić information content (AvgIpc) is 2.08. The van der Waals surface area contributed by atoms with Crippen molar-refractivity contribution in [2.45, 2.75) is 6.92 Å². The average molecular weight is 164 g/mol. The first-order valence-corrected chi connectivity index (χ1v) is 3.54. The molecule has 1 N–H and O–H groups in total. The van der Waals surface area contributed by atoms with Crippen molar-refractivity contribution in [1.82, 2.24) is 0 Å². The largest absolute Gasteiger partial charge is 0.307 e. The number of nitrogens with zero attached hydrogens (tertiary/aromatic N) is 1. The summed E-state index contributed by atoms with van der Waals surface area (Å²) in [5, 5.41) is 6.71. The predicted molar refractivity (Wildman–Crippen MR) is 48.1 cm³/mol. The fourth-order valence-corrected chi connectivity index (χ4v) is 0.854. The number of hydrogen-bond donors (Lipinski definition) is 1. The first kappa shape index (κ1) is 8.59. The molecule has 3 heteroatoms. The summed E-state index contributed by atoms with van der Waals surface area (Å²) in [5.41, 5.74) is 1.08. The summed E-state index contributed by atoms with van der Waals surface area (Å²) in [5.74, 6) is -0.269. The van der Waals surface area contributed by atoms with Gasteiger partial charge in [-0.1, -0.05) is 6.07 Å². The molecule has 0 fully saturated rings. The van der Waals surface area contributed by atoms with Gasteiger partial charge < -0.3 is 5.41 Å². The normalized spacial score (nSPS) is 10.5. The zero-order chi connectivity index (χ0) is 8.97. The smallest absolute Gasteiger partial charge is 0.128 e. The predicted octanol–water partition coefficient (Wildman–Crippen LogP) is 2.49. The molecule has 1 aromatic rings. The first-order chi connectivity index (χ1) is 5.75. The summed E-state index contributed by atoms with van der Waals surface area (Å²) in [6.07, 6.45) is 2.38. The van der Waals surface area contributed by atoms with E-state index in [1.54, 1.807) is 19.1 Å². The quantitative estimate of drug-likeness (QED) is 0.652. The highest BCUT2D eigenvalue weighted by Gasteiger charge is 1.99. The van der Waals surface area contributed by atoms with Gasteiger partial charge in [0.15, 0.2) is 0 Å². The van der Waals surface area contributed by atoms with E-state index in [1.807, 2.05) is 0 Å². The van der Waals surface area contributed by atoms with E-state index in [4.69, 9.17) is 5.41 Å². The third-order valence-corrected chi connectivity index (χ3v) is 1.53. The van der Waals surface area contributed by atoms with Crippen molar-refractivity contribution in [3.63, 3.8) is 0 Å². The highest BCUT2D eigenvalue weighted by Crippen LogP contribution is 2.19. The fraction of sp³-hybridized carbons (Fsp3) is 0.111. The molecule has 1 rings (SSSR count). The molecule has 0 saturated heterocycles. The Kier molecular flexibility index (Phi) is 2.69. The molecule has 0 unspecified atom stereocenters. The van der Waals surface area contributed by atoms with Gasteiger partial charge in [-0.25, -0.2) is 4.39 Å². The van der Waals surface area contributed by atoms with Crippen LogP contribution in [0.2, 0.25) is 0 Å². The lowest BCUT2D eigenvalue weighted by Crippen LogP contribution is -1.82. The third-order valence-electron chi connectivity index (χ3n) is 1.53. The molecular weight excluding hydrogens is 155 g/mol. The van der Waals surface area contributed by atoms with Gasteiger partial charge in [0.2, 0.25) is 0 Å². The fourth-order valence-electron chi connectivity index (χ4n) is 0.854. The molecule has 12 heavy (non-hydrogen) atoms. The van der Waals surface area contributed by atoms with E-state index in [1.165, 1.54) is 12.3 Å². The van der Waals surface area contributed by atoms with E-state index in [0.717, 1.165) is 6.21 Å². The Morgan fingerprint density at radius 1 is 1.50 bits per heavy atom. The third kappa shape index (κ3) is 1.75. The van der Waals surface area contributed by atoms with Gasteiger partial charge in [-0.2, -0.15) is 0 Å². The first-order valence-electron chi connectivity index (χ1n) is 3.54. The Hall–Kier alpha value is -1.51. The van der Waals surface area contributed by atoms with Gasteiger partial charge in [0.1, 0.15) is 5.82 Å². The maximum atomic E-state index is 12.9. The molecule has 2 nitrogen and oxygen atoms in total. The molecule has 62 valence electrons. The van der Waals surface area contributed by atoms with E-state index < -0.39 is 0 Å². The van der Waals surface area contributed by atoms with Crippen LogP contribution in [0.4, 0.5) is 10.1 Å². The minimum Gasteiger partial charge on any atom is -0.307 e. The number of hydrogen-bond acceptors (Lipinski definition) is 2. The molecule has 0 aromatic heterocycles. The van der Waals surface area contributed by atoms with Crippen molar-refractivity contribution in [1.29, 1.82) is 5.41 Å². The second-order valence-electron chi connectivity index (χ2n) is 2.33. The minimum absolute atomic E-state index is 0.269. The molecule has 0 aliphatic rings. The second-order valence-corrected chi connectivity index (χ2v) is 2.33. The lowest BCUT2D eigenvalue weighted by atomic mass is 10.2. The van der Waals surface area contributed by atoms with Crippen LogP contribution in [-0.2, 0) is 0 Å². The van der Waals surface area contributed by atoms with Crippen LogP contribution in [0.25, 0.3) is 0 Å². The molecule has 0 saturated carbocycles. The molecular formula is C9H9FN2. The summed E-state index contributed by atoms with van der Waals surface area (Å²) in [6.45, 7) is 1.66. The Morgan fingerprint density at radius 3 is 2.92 bits per heavy atom. The molecule has 0 aliphatic heterocycles. The van der Waals surface area contributed by atoms with Crippen LogP contribution in [0.5, 0.6) is 0 Å². The van der Waals surface area contributed by atoms with Crippen LogP contribution in [0.1, 0.15) is 5.56 Å². The van der Waals surface area contributed by atoms with E-state index in [0.29, 0.717) is 11.3 Å². The van der Waals surface area contributed by atoms with Gasteiger partial charge in [0.25, 0.3) is 0 Å². The lowest BCUT2D eigenvalue weighted by molar-refractivity contribution is 0.619. The van der Waals surface area contributed by atoms with Crippen molar-refractivity contribution in [2.75, 3.05) is 0 Å². The molecule has 0 aliphatic carbocycles. The van der Waals surface area contributed by atoms with Crippen LogP contribution in [0.15, 0.2) is 23.2 Å². The molecule has 0 heterocycles. The Labute approximate surface area is 70.3 Å². The highest BCUT2D eigenvalue weighted by atomic mass is 19.1. The van der Waals surface area contributed by atoms with Crippen LogP contribution in [-0.4, -0.2) is 12.4 Å². The van der Waals surface area contributed by atoms with Gasteiger partial charge in [-0.3, -0.25) is 4.99 Å². The number of aliphatic imine (C=N–C) groups is 1. The Morgan fingerprint density at radius 2 is 2.25 bits per heavy atom. The number of rotatable bonds is 2. The monoisotopic (exact) mass is 164 g/mol. The van der Waals surface area contributed by atoms with Crippen molar-refractivity contribution in [2.24, 2.45) is 4.99 Å². The topological polar surface area (TPSA) is 36.2 Å². The van der Waals surface area contributed by atoms with Gasteiger partial charge in [0.05, 0.1) is 5.69 Å². The number of benzene rings is 1. The maximum Gasteiger partial charge on any atom is 0.128 e. The van der Waals surface area contributed by atoms with E-state index in [-0.39, 0.29) is 5.82 Å². The molecule has 0 amide bonds. The molecule has 0 spiro atoms.